The summed E-state index contributed by atoms with van der Waals surface area (Å²) in [5.74, 6) is -4.98. The van der Waals surface area contributed by atoms with Gasteiger partial charge in [-0.3, -0.25) is 14.4 Å². The Labute approximate surface area is 232 Å². The van der Waals surface area contributed by atoms with Crippen LogP contribution in [0.4, 0.5) is 4.79 Å². The molecule has 0 radical (unpaired) electrons. The van der Waals surface area contributed by atoms with Gasteiger partial charge in [0.1, 0.15) is 24.2 Å². The van der Waals surface area contributed by atoms with Crippen molar-refractivity contribution in [2.75, 3.05) is 13.7 Å². The molecule has 214 valence electrons. The summed E-state index contributed by atoms with van der Waals surface area (Å²) in [5, 5.41) is 23.0. The van der Waals surface area contributed by atoms with Crippen LogP contribution in [-0.4, -0.2) is 76.2 Å². The third-order valence-corrected chi connectivity index (χ3v) is 6.92. The van der Waals surface area contributed by atoms with Crippen LogP contribution in [0.2, 0.25) is 0 Å². The van der Waals surface area contributed by atoms with Gasteiger partial charge in [0.15, 0.2) is 0 Å². The molecular formula is C29H35N3O8. The number of ether oxygens (including phenoxy) is 1. The molecule has 1 aliphatic rings. The van der Waals surface area contributed by atoms with E-state index in [1.165, 1.54) is 20.9 Å². The maximum atomic E-state index is 13.4. The lowest BCUT2D eigenvalue weighted by Gasteiger charge is -2.36. The quantitative estimate of drug-likeness (QED) is 0.330. The summed E-state index contributed by atoms with van der Waals surface area (Å²) in [6.45, 7) is 6.30. The molecule has 40 heavy (non-hydrogen) atoms. The zero-order valence-electron chi connectivity index (χ0n) is 23.1. The maximum Gasteiger partial charge on any atom is 0.408 e. The number of likely N-dealkylation sites (N-methyl/N-ethyl adjacent to an activating group) is 1. The number of hydrogen-bond acceptors (Lipinski definition) is 6. The van der Waals surface area contributed by atoms with Gasteiger partial charge in [-0.1, -0.05) is 62.4 Å². The number of benzene rings is 2. The van der Waals surface area contributed by atoms with Gasteiger partial charge >= 0.3 is 18.0 Å². The number of nitrogens with zero attached hydrogens (tertiary/aromatic N) is 1. The Morgan fingerprint density at radius 2 is 1.48 bits per heavy atom. The number of fused-ring (bicyclic) bond motifs is 3. The van der Waals surface area contributed by atoms with Crippen LogP contribution in [-0.2, 0) is 23.9 Å². The summed E-state index contributed by atoms with van der Waals surface area (Å²) in [5.41, 5.74) is 2.75. The van der Waals surface area contributed by atoms with Crippen LogP contribution in [0.25, 0.3) is 11.1 Å². The number of nitrogens with one attached hydrogen (secondary N) is 2. The first-order valence-corrected chi connectivity index (χ1v) is 12.9. The van der Waals surface area contributed by atoms with Crippen LogP contribution in [0.1, 0.15) is 51.2 Å². The molecule has 0 spiro atoms. The predicted molar refractivity (Wildman–Crippen MR) is 145 cm³/mol. The standard InChI is InChI=1S/C29H35N3O8/c1-16(2)24(25(35)30-22(26(36)37)14-23(33)34)32(5)27(38)29(3,4)31-28(39)40-15-21-19-12-8-6-10-17(19)18-11-7-9-13-20(18)21/h6-13,16,21-22,24H,14-15H2,1-5H3,(H,30,35)(H,31,39)(H,33,34)(H,36,37)/t22-,24-/m0/s1. The fourth-order valence-corrected chi connectivity index (χ4v) is 5.07. The molecule has 4 N–H and O–H groups in total. The summed E-state index contributed by atoms with van der Waals surface area (Å²) in [4.78, 5) is 62.7. The lowest BCUT2D eigenvalue weighted by molar-refractivity contribution is -0.149. The van der Waals surface area contributed by atoms with E-state index in [1.807, 2.05) is 48.5 Å². The highest BCUT2D eigenvalue weighted by atomic mass is 16.5. The van der Waals surface area contributed by atoms with E-state index in [0.29, 0.717) is 0 Å². The van der Waals surface area contributed by atoms with E-state index < -0.39 is 59.8 Å². The fraction of sp³-hybridized carbons (Fsp3) is 0.414. The van der Waals surface area contributed by atoms with Crippen molar-refractivity contribution >= 4 is 29.8 Å². The van der Waals surface area contributed by atoms with Gasteiger partial charge in [0.25, 0.3) is 0 Å². The largest absolute Gasteiger partial charge is 0.481 e. The van der Waals surface area contributed by atoms with Crippen LogP contribution in [0.5, 0.6) is 0 Å². The Morgan fingerprint density at radius 3 is 1.95 bits per heavy atom. The third-order valence-electron chi connectivity index (χ3n) is 6.92. The number of carbonyl (C=O) groups is 5. The lowest BCUT2D eigenvalue weighted by Crippen LogP contribution is -2.61. The van der Waals surface area contributed by atoms with Crippen molar-refractivity contribution in [3.05, 3.63) is 59.7 Å². The zero-order valence-corrected chi connectivity index (χ0v) is 23.1. The van der Waals surface area contributed by atoms with Crippen molar-refractivity contribution in [3.8, 4) is 11.1 Å². The van der Waals surface area contributed by atoms with Crippen LogP contribution in [0, 0.1) is 5.92 Å². The molecule has 2 atom stereocenters. The second-order valence-corrected chi connectivity index (χ2v) is 10.7. The van der Waals surface area contributed by atoms with Gasteiger partial charge in [0, 0.05) is 13.0 Å². The second-order valence-electron chi connectivity index (χ2n) is 10.7. The molecular weight excluding hydrogens is 518 g/mol. The summed E-state index contributed by atoms with van der Waals surface area (Å²) in [6, 6.07) is 13.0. The zero-order chi connectivity index (χ0) is 29.8. The molecule has 0 aliphatic heterocycles. The molecule has 11 heteroatoms. The summed E-state index contributed by atoms with van der Waals surface area (Å²) >= 11 is 0. The van der Waals surface area contributed by atoms with Crippen LogP contribution in [0.3, 0.4) is 0 Å². The number of alkyl carbamates (subject to hydrolysis) is 1. The van der Waals surface area contributed by atoms with E-state index in [0.717, 1.165) is 27.2 Å². The van der Waals surface area contributed by atoms with E-state index in [2.05, 4.69) is 10.6 Å². The Kier molecular flexibility index (Phi) is 9.18. The van der Waals surface area contributed by atoms with Crippen LogP contribution < -0.4 is 10.6 Å². The molecule has 0 aromatic heterocycles. The summed E-state index contributed by atoms with van der Waals surface area (Å²) in [7, 11) is 1.36. The monoisotopic (exact) mass is 553 g/mol. The topological polar surface area (TPSA) is 162 Å². The second kappa shape index (κ2) is 12.2. The molecule has 2 aromatic carbocycles. The first-order chi connectivity index (χ1) is 18.7. The minimum atomic E-state index is -1.67. The number of hydrogen-bond donors (Lipinski definition) is 4. The van der Waals surface area contributed by atoms with Gasteiger partial charge in [-0.2, -0.15) is 0 Å². The van der Waals surface area contributed by atoms with Gasteiger partial charge in [0.05, 0.1) is 6.42 Å². The van der Waals surface area contributed by atoms with Crippen LogP contribution in [0.15, 0.2) is 48.5 Å². The van der Waals surface area contributed by atoms with Crippen molar-refractivity contribution in [2.45, 2.75) is 57.7 Å². The highest BCUT2D eigenvalue weighted by Gasteiger charge is 2.40. The Morgan fingerprint density at radius 1 is 0.950 bits per heavy atom. The van der Waals surface area contributed by atoms with Gasteiger partial charge in [-0.15, -0.1) is 0 Å². The minimum absolute atomic E-state index is 0.0527. The van der Waals surface area contributed by atoms with E-state index in [-0.39, 0.29) is 12.5 Å². The van der Waals surface area contributed by atoms with E-state index in [9.17, 15) is 29.1 Å². The Bertz CT molecular complexity index is 1260. The highest BCUT2D eigenvalue weighted by molar-refractivity contribution is 5.95. The molecule has 2 aromatic rings. The van der Waals surface area contributed by atoms with Crippen molar-refractivity contribution < 1.29 is 38.9 Å². The number of aliphatic carboxylic acids is 2. The SMILES string of the molecule is CC(C)[C@@H](C(=O)N[C@@H](CC(=O)O)C(=O)O)N(C)C(=O)C(C)(C)NC(=O)OCC1c2ccccc2-c2ccccc21. The third kappa shape index (κ3) is 6.59. The smallest absolute Gasteiger partial charge is 0.408 e. The number of carboxylic acid groups (broad SMARTS) is 2. The molecule has 0 unspecified atom stereocenters. The number of rotatable bonds is 11. The van der Waals surface area contributed by atoms with Crippen LogP contribution >= 0.6 is 0 Å². The number of carboxylic acids is 2. The Balaban J connectivity index is 1.67. The van der Waals surface area contributed by atoms with E-state index in [4.69, 9.17) is 9.84 Å². The molecule has 1 aliphatic carbocycles. The molecule has 0 saturated carbocycles. The molecule has 11 nitrogen and oxygen atoms in total. The molecule has 3 amide bonds. The summed E-state index contributed by atoms with van der Waals surface area (Å²) in [6.07, 6.45) is -1.63. The molecule has 0 heterocycles. The van der Waals surface area contributed by atoms with Gasteiger partial charge in [0.2, 0.25) is 11.8 Å². The molecule has 3 rings (SSSR count). The average molecular weight is 554 g/mol. The number of amides is 3. The Hall–Kier alpha value is -4.41. The van der Waals surface area contributed by atoms with Crippen molar-refractivity contribution in [2.24, 2.45) is 5.92 Å². The van der Waals surface area contributed by atoms with E-state index in [1.54, 1.807) is 13.8 Å². The van der Waals surface area contributed by atoms with Crippen molar-refractivity contribution in [1.29, 1.82) is 0 Å². The average Bonchev–Trinajstić information content (AvgIpc) is 3.19. The predicted octanol–water partition coefficient (Wildman–Crippen LogP) is 2.83. The maximum absolute atomic E-state index is 13.4. The molecule has 0 fully saturated rings. The van der Waals surface area contributed by atoms with Crippen molar-refractivity contribution in [3.63, 3.8) is 0 Å². The first kappa shape index (κ1) is 30.1. The summed E-state index contributed by atoms with van der Waals surface area (Å²) < 4.78 is 5.56. The van der Waals surface area contributed by atoms with Gasteiger partial charge < -0.3 is 30.5 Å². The van der Waals surface area contributed by atoms with Gasteiger partial charge in [-0.25, -0.2) is 9.59 Å². The number of carbonyl (C=O) groups excluding carboxylic acids is 3. The molecule has 0 saturated heterocycles. The normalized spacial score (nSPS) is 13.9. The van der Waals surface area contributed by atoms with Crippen molar-refractivity contribution in [1.82, 2.24) is 15.5 Å². The fourth-order valence-electron chi connectivity index (χ4n) is 5.07. The first-order valence-electron chi connectivity index (χ1n) is 12.9. The lowest BCUT2D eigenvalue weighted by atomic mass is 9.97. The minimum Gasteiger partial charge on any atom is -0.481 e. The molecule has 0 bridgehead atoms. The highest BCUT2D eigenvalue weighted by Crippen LogP contribution is 2.44. The van der Waals surface area contributed by atoms with E-state index >= 15 is 0 Å². The van der Waals surface area contributed by atoms with Gasteiger partial charge in [-0.05, 0) is 42.0 Å².